The van der Waals surface area contributed by atoms with Crippen molar-refractivity contribution in [1.29, 1.82) is 0 Å². The molecule has 1 heteroatoms. The van der Waals surface area contributed by atoms with Gasteiger partial charge in [0.1, 0.15) is 0 Å². The second kappa shape index (κ2) is 4.17. The molecule has 1 N–H and O–H groups in total. The van der Waals surface area contributed by atoms with Crippen LogP contribution < -0.4 is 0 Å². The van der Waals surface area contributed by atoms with Crippen LogP contribution in [0.25, 0.3) is 0 Å². The van der Waals surface area contributed by atoms with E-state index in [1.54, 1.807) is 6.92 Å². The highest BCUT2D eigenvalue weighted by molar-refractivity contribution is 5.20. The Kier molecular flexibility index (Phi) is 3.83. The summed E-state index contributed by atoms with van der Waals surface area (Å²) < 4.78 is 0. The van der Waals surface area contributed by atoms with Crippen LogP contribution in [0.5, 0.6) is 0 Å². The van der Waals surface area contributed by atoms with Gasteiger partial charge in [-0.1, -0.05) is 12.5 Å². The first-order chi connectivity index (χ1) is 4.16. The van der Waals surface area contributed by atoms with Crippen LogP contribution in [0.4, 0.5) is 0 Å². The van der Waals surface area contributed by atoms with Crippen molar-refractivity contribution in [3.63, 3.8) is 0 Å². The second-order valence-corrected chi connectivity index (χ2v) is 2.14. The maximum atomic E-state index is 8.79. The fourth-order valence-electron chi connectivity index (χ4n) is 0.455. The number of aliphatic hydroxyl groups excluding tert-OH is 1. The van der Waals surface area contributed by atoms with E-state index in [1.807, 2.05) is 0 Å². The number of rotatable bonds is 3. The van der Waals surface area contributed by atoms with Gasteiger partial charge < -0.3 is 5.11 Å². The summed E-state index contributed by atoms with van der Waals surface area (Å²) in [7, 11) is 0. The lowest BCUT2D eigenvalue weighted by Crippen LogP contribution is -1.98. The molecule has 9 heavy (non-hydrogen) atoms. The molecular formula is C8H12O. The standard InChI is InChI=1S/C8H12O/c1-4-7(2)5-6-8(3)9/h1,8-9H,2,5-6H2,3H3. The summed E-state index contributed by atoms with van der Waals surface area (Å²) in [6, 6.07) is 0. The zero-order chi connectivity index (χ0) is 7.28. The van der Waals surface area contributed by atoms with Gasteiger partial charge >= 0.3 is 0 Å². The van der Waals surface area contributed by atoms with Gasteiger partial charge in [0.05, 0.1) is 6.10 Å². The Bertz CT molecular complexity index is 128. The van der Waals surface area contributed by atoms with Crippen LogP contribution >= 0.6 is 0 Å². The molecule has 0 rings (SSSR count). The van der Waals surface area contributed by atoms with Gasteiger partial charge in [-0.05, 0) is 25.3 Å². The van der Waals surface area contributed by atoms with Crippen molar-refractivity contribution in [1.82, 2.24) is 0 Å². The molecule has 0 aromatic carbocycles. The van der Waals surface area contributed by atoms with Crippen molar-refractivity contribution in [2.24, 2.45) is 0 Å². The molecule has 0 fully saturated rings. The third-order valence-corrected chi connectivity index (χ3v) is 1.07. The van der Waals surface area contributed by atoms with E-state index in [2.05, 4.69) is 12.5 Å². The zero-order valence-electron chi connectivity index (χ0n) is 5.72. The molecule has 0 aliphatic carbocycles. The van der Waals surface area contributed by atoms with Crippen LogP contribution in [0.15, 0.2) is 12.2 Å². The Balaban J connectivity index is 3.31. The lowest BCUT2D eigenvalue weighted by atomic mass is 10.1. The van der Waals surface area contributed by atoms with Gasteiger partial charge in [-0.15, -0.1) is 6.42 Å². The maximum Gasteiger partial charge on any atom is 0.0515 e. The van der Waals surface area contributed by atoms with Crippen molar-refractivity contribution in [2.45, 2.75) is 25.9 Å². The van der Waals surface area contributed by atoms with Crippen LogP contribution in [0.1, 0.15) is 19.8 Å². The molecule has 0 aliphatic rings. The molecule has 0 radical (unpaired) electrons. The van der Waals surface area contributed by atoms with Gasteiger partial charge in [-0.2, -0.15) is 0 Å². The van der Waals surface area contributed by atoms with Crippen molar-refractivity contribution in [3.05, 3.63) is 12.2 Å². The summed E-state index contributed by atoms with van der Waals surface area (Å²) in [4.78, 5) is 0. The second-order valence-electron chi connectivity index (χ2n) is 2.14. The lowest BCUT2D eigenvalue weighted by Gasteiger charge is -2.00. The van der Waals surface area contributed by atoms with E-state index >= 15 is 0 Å². The monoisotopic (exact) mass is 124 g/mol. The van der Waals surface area contributed by atoms with E-state index in [9.17, 15) is 0 Å². The van der Waals surface area contributed by atoms with E-state index in [-0.39, 0.29) is 6.10 Å². The topological polar surface area (TPSA) is 20.2 Å². The predicted octanol–water partition coefficient (Wildman–Crippen LogP) is 1.34. The third kappa shape index (κ3) is 5.13. The predicted molar refractivity (Wildman–Crippen MR) is 38.9 cm³/mol. The Hall–Kier alpha value is -0.740. The van der Waals surface area contributed by atoms with Gasteiger partial charge in [-0.25, -0.2) is 0 Å². The molecule has 0 amide bonds. The molecule has 0 saturated carbocycles. The summed E-state index contributed by atoms with van der Waals surface area (Å²) in [5.41, 5.74) is 0.760. The Morgan fingerprint density at radius 1 is 1.89 bits per heavy atom. The highest BCUT2D eigenvalue weighted by Crippen LogP contribution is 2.02. The molecule has 0 aromatic rings. The van der Waals surface area contributed by atoms with Gasteiger partial charge in [0.15, 0.2) is 0 Å². The van der Waals surface area contributed by atoms with E-state index < -0.39 is 0 Å². The van der Waals surface area contributed by atoms with E-state index in [1.165, 1.54) is 0 Å². The average molecular weight is 124 g/mol. The maximum absolute atomic E-state index is 8.79. The van der Waals surface area contributed by atoms with Crippen LogP contribution in [-0.2, 0) is 0 Å². The molecule has 50 valence electrons. The fourth-order valence-corrected chi connectivity index (χ4v) is 0.455. The molecule has 0 aliphatic heterocycles. The van der Waals surface area contributed by atoms with Crippen LogP contribution in [0, 0.1) is 12.3 Å². The van der Waals surface area contributed by atoms with Gasteiger partial charge in [0.2, 0.25) is 0 Å². The largest absolute Gasteiger partial charge is 0.393 e. The van der Waals surface area contributed by atoms with Gasteiger partial charge in [-0.3, -0.25) is 0 Å². The smallest absolute Gasteiger partial charge is 0.0515 e. The highest BCUT2D eigenvalue weighted by atomic mass is 16.3. The molecule has 0 spiro atoms. The lowest BCUT2D eigenvalue weighted by molar-refractivity contribution is 0.185. The molecule has 0 bridgehead atoms. The summed E-state index contributed by atoms with van der Waals surface area (Å²) in [6.45, 7) is 5.34. The normalized spacial score (nSPS) is 12.1. The first-order valence-corrected chi connectivity index (χ1v) is 2.99. The molecule has 1 nitrogen and oxygen atoms in total. The Morgan fingerprint density at radius 2 is 2.44 bits per heavy atom. The SMILES string of the molecule is C#CC(=C)CCC(C)O. The number of hydrogen-bond donors (Lipinski definition) is 1. The quantitative estimate of drug-likeness (QED) is 0.563. The molecule has 1 atom stereocenters. The minimum atomic E-state index is -0.268. The molecular weight excluding hydrogens is 112 g/mol. The first-order valence-electron chi connectivity index (χ1n) is 2.99. The van der Waals surface area contributed by atoms with Gasteiger partial charge in [0.25, 0.3) is 0 Å². The highest BCUT2D eigenvalue weighted by Gasteiger charge is 1.94. The van der Waals surface area contributed by atoms with Crippen molar-refractivity contribution in [3.8, 4) is 12.3 Å². The first kappa shape index (κ1) is 8.26. The minimum Gasteiger partial charge on any atom is -0.393 e. The molecule has 0 saturated heterocycles. The average Bonchev–Trinajstić information content (AvgIpc) is 1.83. The van der Waals surface area contributed by atoms with E-state index in [4.69, 9.17) is 11.5 Å². The molecule has 0 aromatic heterocycles. The summed E-state index contributed by atoms with van der Waals surface area (Å²) in [5, 5.41) is 8.79. The van der Waals surface area contributed by atoms with Crippen molar-refractivity contribution in [2.75, 3.05) is 0 Å². The van der Waals surface area contributed by atoms with Crippen LogP contribution in [0.2, 0.25) is 0 Å². The van der Waals surface area contributed by atoms with E-state index in [0.29, 0.717) is 6.42 Å². The van der Waals surface area contributed by atoms with E-state index in [0.717, 1.165) is 12.0 Å². The van der Waals surface area contributed by atoms with Crippen LogP contribution in [-0.4, -0.2) is 11.2 Å². The van der Waals surface area contributed by atoms with Crippen LogP contribution in [0.3, 0.4) is 0 Å². The minimum absolute atomic E-state index is 0.268. The third-order valence-electron chi connectivity index (χ3n) is 1.07. The van der Waals surface area contributed by atoms with Crippen molar-refractivity contribution < 1.29 is 5.11 Å². The molecule has 1 unspecified atom stereocenters. The Labute approximate surface area is 56.4 Å². The summed E-state index contributed by atoms with van der Waals surface area (Å²) in [5.74, 6) is 2.41. The molecule has 0 heterocycles. The summed E-state index contributed by atoms with van der Waals surface area (Å²) in [6.07, 6.45) is 6.20. The summed E-state index contributed by atoms with van der Waals surface area (Å²) >= 11 is 0. The Morgan fingerprint density at radius 3 is 2.78 bits per heavy atom. The van der Waals surface area contributed by atoms with Gasteiger partial charge in [0, 0.05) is 0 Å². The van der Waals surface area contributed by atoms with Crippen molar-refractivity contribution >= 4 is 0 Å². The zero-order valence-corrected chi connectivity index (χ0v) is 5.72. The number of aliphatic hydroxyl groups is 1. The number of terminal acetylenes is 1. The number of allylic oxidation sites excluding steroid dienone is 1. The fraction of sp³-hybridized carbons (Fsp3) is 0.500. The number of hydrogen-bond acceptors (Lipinski definition) is 1.